The van der Waals surface area contributed by atoms with Gasteiger partial charge in [0.05, 0.1) is 12.2 Å². The maximum atomic E-state index is 5.66. The molecule has 0 radical (unpaired) electrons. The molecule has 0 aliphatic rings. The summed E-state index contributed by atoms with van der Waals surface area (Å²) in [4.78, 5) is 0. The van der Waals surface area contributed by atoms with E-state index in [2.05, 4.69) is 26.8 Å². The molecule has 2 heterocycles. The van der Waals surface area contributed by atoms with Crippen LogP contribution in [-0.2, 0) is 30.2 Å². The van der Waals surface area contributed by atoms with Crippen LogP contribution in [0.4, 0.5) is 0 Å². The third kappa shape index (κ3) is 3.59. The molecule has 0 amide bonds. The first-order valence-electron chi connectivity index (χ1n) is 6.46. The second-order valence-electron chi connectivity index (χ2n) is 4.26. The van der Waals surface area contributed by atoms with Crippen molar-refractivity contribution in [3.8, 4) is 0 Å². The molecule has 0 saturated heterocycles. The van der Waals surface area contributed by atoms with Gasteiger partial charge in [-0.25, -0.2) is 0 Å². The highest BCUT2D eigenvalue weighted by Crippen LogP contribution is 2.22. The van der Waals surface area contributed by atoms with E-state index in [1.54, 1.807) is 18.9 Å². The van der Waals surface area contributed by atoms with Gasteiger partial charge >= 0.3 is 0 Å². The minimum Gasteiger partial charge on any atom is -0.377 e. The molecule has 2 N–H and O–H groups in total. The number of ether oxygens (including phenoxy) is 1. The molecule has 0 aromatic carbocycles. The van der Waals surface area contributed by atoms with E-state index < -0.39 is 0 Å². The zero-order chi connectivity index (χ0) is 14.4. The van der Waals surface area contributed by atoms with Gasteiger partial charge in [0.15, 0.2) is 10.9 Å². The molecule has 0 bridgehead atoms. The molecule has 7 nitrogen and oxygen atoms in total. The molecule has 0 atom stereocenters. The fraction of sp³-hybridized carbons (Fsp3) is 0.583. The number of methoxy groups -OCH3 is 1. The highest BCUT2D eigenvalue weighted by Gasteiger charge is 2.12. The lowest BCUT2D eigenvalue weighted by atomic mass is 10.4. The molecule has 0 saturated carbocycles. The predicted octanol–water partition coefficient (Wildman–Crippen LogP) is 1.57. The standard InChI is InChI=1S/C12H19N5O2S/c1-3-4-17-11(6-13)14-15-12(17)20-8-9-5-10(7-18-2)19-16-9/h5H,3-4,6-8,13H2,1-2H3. The first kappa shape index (κ1) is 15.0. The van der Waals surface area contributed by atoms with Crippen molar-refractivity contribution in [2.45, 2.75) is 44.0 Å². The first-order valence-corrected chi connectivity index (χ1v) is 7.45. The summed E-state index contributed by atoms with van der Waals surface area (Å²) in [5.41, 5.74) is 6.53. The second kappa shape index (κ2) is 7.41. The number of thioether (sulfide) groups is 1. The number of aromatic nitrogens is 4. The number of rotatable bonds is 8. The van der Waals surface area contributed by atoms with Crippen LogP contribution in [0.3, 0.4) is 0 Å². The highest BCUT2D eigenvalue weighted by molar-refractivity contribution is 7.98. The molecule has 110 valence electrons. The fourth-order valence-corrected chi connectivity index (χ4v) is 2.66. The molecule has 0 spiro atoms. The number of nitrogens with two attached hydrogens (primary N) is 1. The molecule has 0 unspecified atom stereocenters. The fourth-order valence-electron chi connectivity index (χ4n) is 1.80. The molecule has 8 heteroatoms. The zero-order valence-corrected chi connectivity index (χ0v) is 12.5. The van der Waals surface area contributed by atoms with Crippen molar-refractivity contribution in [1.29, 1.82) is 0 Å². The Hall–Kier alpha value is -1.38. The topological polar surface area (TPSA) is 92.0 Å². The lowest BCUT2D eigenvalue weighted by molar-refractivity contribution is 0.156. The molecular formula is C12H19N5O2S. The minimum absolute atomic E-state index is 0.398. The van der Waals surface area contributed by atoms with E-state index in [4.69, 9.17) is 15.0 Å². The van der Waals surface area contributed by atoms with E-state index in [9.17, 15) is 0 Å². The molecule has 2 aromatic heterocycles. The van der Waals surface area contributed by atoms with Crippen LogP contribution < -0.4 is 5.73 Å². The zero-order valence-electron chi connectivity index (χ0n) is 11.7. The van der Waals surface area contributed by atoms with Crippen molar-refractivity contribution in [3.05, 3.63) is 23.3 Å². The molecule has 2 rings (SSSR count). The Bertz CT molecular complexity index is 540. The van der Waals surface area contributed by atoms with Crippen LogP contribution in [0.2, 0.25) is 0 Å². The summed E-state index contributed by atoms with van der Waals surface area (Å²) in [6, 6.07) is 1.89. The van der Waals surface area contributed by atoms with E-state index in [1.807, 2.05) is 6.07 Å². The Kier molecular flexibility index (Phi) is 5.57. The second-order valence-corrected chi connectivity index (χ2v) is 5.20. The molecule has 0 fully saturated rings. The summed E-state index contributed by atoms with van der Waals surface area (Å²) in [6.45, 7) is 3.82. The Morgan fingerprint density at radius 3 is 3.00 bits per heavy atom. The monoisotopic (exact) mass is 297 g/mol. The van der Waals surface area contributed by atoms with Gasteiger partial charge in [-0.1, -0.05) is 23.8 Å². The lowest BCUT2D eigenvalue weighted by Gasteiger charge is -2.06. The van der Waals surface area contributed by atoms with Gasteiger partial charge in [0, 0.05) is 25.5 Å². The van der Waals surface area contributed by atoms with Crippen LogP contribution >= 0.6 is 11.8 Å². The van der Waals surface area contributed by atoms with Gasteiger partial charge in [-0.3, -0.25) is 0 Å². The van der Waals surface area contributed by atoms with Crippen LogP contribution in [-0.4, -0.2) is 27.0 Å². The third-order valence-corrected chi connectivity index (χ3v) is 3.67. The average Bonchev–Trinajstić information content (AvgIpc) is 3.04. The summed E-state index contributed by atoms with van der Waals surface area (Å²) < 4.78 is 12.2. The molecule has 0 aliphatic heterocycles. The van der Waals surface area contributed by atoms with Gasteiger partial charge in [0.2, 0.25) is 0 Å². The van der Waals surface area contributed by atoms with Gasteiger partial charge in [-0.15, -0.1) is 10.2 Å². The van der Waals surface area contributed by atoms with Gasteiger partial charge < -0.3 is 19.6 Å². The van der Waals surface area contributed by atoms with Crippen LogP contribution in [0.1, 0.15) is 30.6 Å². The maximum Gasteiger partial charge on any atom is 0.191 e. The van der Waals surface area contributed by atoms with E-state index in [0.717, 1.165) is 35.4 Å². The smallest absolute Gasteiger partial charge is 0.191 e. The minimum atomic E-state index is 0.398. The van der Waals surface area contributed by atoms with Crippen LogP contribution in [0, 0.1) is 0 Å². The van der Waals surface area contributed by atoms with Gasteiger partial charge in [0.25, 0.3) is 0 Å². The van der Waals surface area contributed by atoms with E-state index in [1.165, 1.54) is 0 Å². The summed E-state index contributed by atoms with van der Waals surface area (Å²) in [7, 11) is 1.62. The largest absolute Gasteiger partial charge is 0.377 e. The first-order chi connectivity index (χ1) is 9.78. The van der Waals surface area contributed by atoms with Crippen LogP contribution in [0.5, 0.6) is 0 Å². The van der Waals surface area contributed by atoms with Gasteiger partial charge in [0.1, 0.15) is 12.4 Å². The van der Waals surface area contributed by atoms with E-state index in [0.29, 0.717) is 18.9 Å². The van der Waals surface area contributed by atoms with Crippen LogP contribution in [0.25, 0.3) is 0 Å². The Morgan fingerprint density at radius 1 is 1.45 bits per heavy atom. The quantitative estimate of drug-likeness (QED) is 0.739. The van der Waals surface area contributed by atoms with Crippen molar-refractivity contribution in [1.82, 2.24) is 19.9 Å². The van der Waals surface area contributed by atoms with Crippen molar-refractivity contribution < 1.29 is 9.26 Å². The average molecular weight is 297 g/mol. The van der Waals surface area contributed by atoms with Gasteiger partial charge in [-0.2, -0.15) is 0 Å². The Balaban J connectivity index is 2.00. The summed E-state index contributed by atoms with van der Waals surface area (Å²) >= 11 is 1.58. The number of nitrogens with zero attached hydrogens (tertiary/aromatic N) is 4. The lowest BCUT2D eigenvalue weighted by Crippen LogP contribution is -2.09. The number of hydrogen-bond donors (Lipinski definition) is 1. The molecule has 2 aromatic rings. The van der Waals surface area contributed by atoms with Crippen LogP contribution in [0.15, 0.2) is 15.7 Å². The van der Waals surface area contributed by atoms with Crippen molar-refractivity contribution in [3.63, 3.8) is 0 Å². The molecular weight excluding hydrogens is 278 g/mol. The molecule has 0 aliphatic carbocycles. The van der Waals surface area contributed by atoms with Crippen molar-refractivity contribution in [2.24, 2.45) is 5.73 Å². The SMILES string of the molecule is CCCn1c(CN)nnc1SCc1cc(COC)on1. The maximum absolute atomic E-state index is 5.66. The highest BCUT2D eigenvalue weighted by atomic mass is 32.2. The summed E-state index contributed by atoms with van der Waals surface area (Å²) in [6.07, 6.45) is 1.01. The third-order valence-electron chi connectivity index (χ3n) is 2.67. The normalized spacial score (nSPS) is 11.2. The summed E-state index contributed by atoms with van der Waals surface area (Å²) in [5, 5.41) is 13.1. The predicted molar refractivity (Wildman–Crippen MR) is 75.0 cm³/mol. The van der Waals surface area contributed by atoms with E-state index >= 15 is 0 Å². The van der Waals surface area contributed by atoms with Crippen molar-refractivity contribution in [2.75, 3.05) is 7.11 Å². The van der Waals surface area contributed by atoms with E-state index in [-0.39, 0.29) is 0 Å². The van der Waals surface area contributed by atoms with Gasteiger partial charge in [-0.05, 0) is 6.42 Å². The Morgan fingerprint density at radius 2 is 2.30 bits per heavy atom. The summed E-state index contributed by atoms with van der Waals surface area (Å²) in [5.74, 6) is 2.22. The van der Waals surface area contributed by atoms with Crippen molar-refractivity contribution >= 4 is 11.8 Å². The number of hydrogen-bond acceptors (Lipinski definition) is 7. The Labute approximate surface area is 121 Å². The molecule has 20 heavy (non-hydrogen) atoms.